The number of ether oxygens (including phenoxy) is 1. The van der Waals surface area contributed by atoms with Crippen molar-refractivity contribution in [3.8, 4) is 5.75 Å². The zero-order valence-electron chi connectivity index (χ0n) is 13.1. The molecule has 2 rings (SSSR count). The molecule has 2 N–H and O–H groups in total. The van der Waals surface area contributed by atoms with Crippen molar-refractivity contribution in [3.05, 3.63) is 42.0 Å². The van der Waals surface area contributed by atoms with Crippen LogP contribution in [0, 0.1) is 0 Å². The summed E-state index contributed by atoms with van der Waals surface area (Å²) in [4.78, 5) is 0. The monoisotopic (exact) mass is 323 g/mol. The zero-order chi connectivity index (χ0) is 16.2. The summed E-state index contributed by atoms with van der Waals surface area (Å²) in [6.45, 7) is 4.09. The number of benzene rings is 2. The molecule has 120 valence electrons. The van der Waals surface area contributed by atoms with E-state index in [0.29, 0.717) is 0 Å². The van der Waals surface area contributed by atoms with Crippen molar-refractivity contribution in [1.82, 2.24) is 0 Å². The molecule has 0 unspecified atom stereocenters. The smallest absolute Gasteiger partial charge is 0.351 e. The zero-order valence-corrected chi connectivity index (χ0v) is 14.0. The third-order valence-corrected chi connectivity index (χ3v) is 5.61. The van der Waals surface area contributed by atoms with Gasteiger partial charge < -0.3 is 19.5 Å². The highest BCUT2D eigenvalue weighted by molar-refractivity contribution is 7.54. The van der Waals surface area contributed by atoms with Crippen molar-refractivity contribution < 1.29 is 18.3 Å². The molecule has 6 heteroatoms. The molecule has 0 saturated carbocycles. The predicted molar refractivity (Wildman–Crippen MR) is 88.3 cm³/mol. The van der Waals surface area contributed by atoms with Gasteiger partial charge in [0.15, 0.2) is 0 Å². The molecular formula is C16H22NO4P. The van der Waals surface area contributed by atoms with E-state index in [1.54, 1.807) is 21.0 Å². The van der Waals surface area contributed by atoms with Crippen LogP contribution in [0.15, 0.2) is 36.4 Å². The van der Waals surface area contributed by atoms with Gasteiger partial charge in [0, 0.05) is 5.39 Å². The summed E-state index contributed by atoms with van der Waals surface area (Å²) < 4.78 is 29.0. The molecule has 0 spiro atoms. The van der Waals surface area contributed by atoms with E-state index in [9.17, 15) is 4.57 Å². The average Bonchev–Trinajstić information content (AvgIpc) is 2.53. The maximum atomic E-state index is 12.9. The van der Waals surface area contributed by atoms with E-state index in [1.807, 2.05) is 36.4 Å². The van der Waals surface area contributed by atoms with Crippen LogP contribution < -0.4 is 10.5 Å². The highest BCUT2D eigenvalue weighted by atomic mass is 31.2. The number of fused-ring (bicyclic) bond motifs is 1. The third-order valence-electron chi connectivity index (χ3n) is 3.42. The SMILES string of the molecule is CCOP(=O)(OCC)[C@@H](N)c1ccc(OC)c2ccccc12. The molecule has 0 heterocycles. The first-order valence-electron chi connectivity index (χ1n) is 7.27. The van der Waals surface area contributed by atoms with Crippen molar-refractivity contribution in [1.29, 1.82) is 0 Å². The minimum Gasteiger partial charge on any atom is -0.496 e. The molecule has 22 heavy (non-hydrogen) atoms. The lowest BCUT2D eigenvalue weighted by atomic mass is 10.0. The van der Waals surface area contributed by atoms with Crippen LogP contribution in [0.3, 0.4) is 0 Å². The Morgan fingerprint density at radius 2 is 1.64 bits per heavy atom. The Morgan fingerprint density at radius 3 is 2.18 bits per heavy atom. The summed E-state index contributed by atoms with van der Waals surface area (Å²) in [5.41, 5.74) is 6.97. The van der Waals surface area contributed by atoms with Gasteiger partial charge in [0.25, 0.3) is 0 Å². The standard InChI is InChI=1S/C16H22NO4P/c1-4-20-22(18,21-5-2)16(17)14-10-11-15(19-3)13-9-7-6-8-12(13)14/h6-11,16H,4-5,17H2,1-3H3/t16-/m1/s1. The number of nitrogens with two attached hydrogens (primary N) is 1. The summed E-state index contributed by atoms with van der Waals surface area (Å²) in [6, 6.07) is 11.3. The highest BCUT2D eigenvalue weighted by Crippen LogP contribution is 2.59. The summed E-state index contributed by atoms with van der Waals surface area (Å²) in [6.07, 6.45) is 0. The largest absolute Gasteiger partial charge is 0.496 e. The Bertz CT molecular complexity index is 679. The second-order valence-corrected chi connectivity index (χ2v) is 6.88. The van der Waals surface area contributed by atoms with Gasteiger partial charge in [-0.2, -0.15) is 0 Å². The van der Waals surface area contributed by atoms with Gasteiger partial charge in [0.2, 0.25) is 0 Å². The van der Waals surface area contributed by atoms with Crippen LogP contribution in [0.2, 0.25) is 0 Å². The Balaban J connectivity index is 2.56. The predicted octanol–water partition coefficient (Wildman–Crippen LogP) is 4.07. The van der Waals surface area contributed by atoms with Crippen LogP contribution in [0.5, 0.6) is 5.75 Å². The highest BCUT2D eigenvalue weighted by Gasteiger charge is 2.35. The van der Waals surface area contributed by atoms with E-state index < -0.39 is 13.4 Å². The number of methoxy groups -OCH3 is 1. The van der Waals surface area contributed by atoms with Crippen LogP contribution >= 0.6 is 7.60 Å². The lowest BCUT2D eigenvalue weighted by Crippen LogP contribution is -2.15. The minimum absolute atomic E-state index is 0.277. The Morgan fingerprint density at radius 1 is 1.05 bits per heavy atom. The maximum absolute atomic E-state index is 12.9. The van der Waals surface area contributed by atoms with Crippen molar-refractivity contribution in [2.24, 2.45) is 5.73 Å². The molecule has 0 fully saturated rings. The van der Waals surface area contributed by atoms with E-state index in [1.165, 1.54) is 0 Å². The molecule has 0 bridgehead atoms. The van der Waals surface area contributed by atoms with Crippen LogP contribution in [0.25, 0.3) is 10.8 Å². The molecule has 0 aliphatic heterocycles. The molecule has 0 aliphatic rings. The fraction of sp³-hybridized carbons (Fsp3) is 0.375. The lowest BCUT2D eigenvalue weighted by molar-refractivity contribution is 0.212. The van der Waals surface area contributed by atoms with Crippen LogP contribution in [-0.4, -0.2) is 20.3 Å². The molecular weight excluding hydrogens is 301 g/mol. The van der Waals surface area contributed by atoms with Gasteiger partial charge in [-0.1, -0.05) is 30.3 Å². The molecule has 5 nitrogen and oxygen atoms in total. The van der Waals surface area contributed by atoms with Crippen molar-refractivity contribution in [3.63, 3.8) is 0 Å². The van der Waals surface area contributed by atoms with Crippen LogP contribution in [0.4, 0.5) is 0 Å². The summed E-state index contributed by atoms with van der Waals surface area (Å²) >= 11 is 0. The average molecular weight is 323 g/mol. The molecule has 2 aromatic rings. The first-order valence-corrected chi connectivity index (χ1v) is 8.88. The van der Waals surface area contributed by atoms with Gasteiger partial charge in [-0.05, 0) is 30.9 Å². The van der Waals surface area contributed by atoms with E-state index >= 15 is 0 Å². The number of hydrogen-bond acceptors (Lipinski definition) is 5. The fourth-order valence-corrected chi connectivity index (χ4v) is 4.14. The normalized spacial score (nSPS) is 13.3. The third kappa shape index (κ3) is 3.18. The minimum atomic E-state index is -3.42. The molecule has 0 radical (unpaired) electrons. The maximum Gasteiger partial charge on any atom is 0.351 e. The molecule has 2 aromatic carbocycles. The van der Waals surface area contributed by atoms with Crippen LogP contribution in [-0.2, 0) is 13.6 Å². The first kappa shape index (κ1) is 17.0. The molecule has 0 amide bonds. The molecule has 0 aliphatic carbocycles. The van der Waals surface area contributed by atoms with Gasteiger partial charge in [-0.15, -0.1) is 0 Å². The fourth-order valence-electron chi connectivity index (χ4n) is 2.46. The van der Waals surface area contributed by atoms with E-state index in [0.717, 1.165) is 22.1 Å². The second kappa shape index (κ2) is 7.25. The quantitative estimate of drug-likeness (QED) is 0.778. The topological polar surface area (TPSA) is 70.8 Å². The van der Waals surface area contributed by atoms with E-state index in [-0.39, 0.29) is 13.2 Å². The molecule has 1 atom stereocenters. The van der Waals surface area contributed by atoms with Crippen LogP contribution in [0.1, 0.15) is 25.2 Å². The van der Waals surface area contributed by atoms with Gasteiger partial charge in [0.1, 0.15) is 11.5 Å². The van der Waals surface area contributed by atoms with Gasteiger partial charge >= 0.3 is 7.60 Å². The van der Waals surface area contributed by atoms with E-state index in [2.05, 4.69) is 0 Å². The Hall–Kier alpha value is -1.39. The van der Waals surface area contributed by atoms with Crippen molar-refractivity contribution in [2.45, 2.75) is 19.6 Å². The van der Waals surface area contributed by atoms with Crippen molar-refractivity contribution >= 4 is 18.4 Å². The van der Waals surface area contributed by atoms with Gasteiger partial charge in [-0.25, -0.2) is 0 Å². The number of hydrogen-bond donors (Lipinski definition) is 1. The molecule has 0 saturated heterocycles. The van der Waals surface area contributed by atoms with Gasteiger partial charge in [-0.3, -0.25) is 4.57 Å². The molecule has 0 aromatic heterocycles. The first-order chi connectivity index (χ1) is 10.6. The second-order valence-electron chi connectivity index (χ2n) is 4.72. The lowest BCUT2D eigenvalue weighted by Gasteiger charge is -2.24. The summed E-state index contributed by atoms with van der Waals surface area (Å²) in [7, 11) is -1.81. The summed E-state index contributed by atoms with van der Waals surface area (Å²) in [5, 5.41) is 1.80. The Labute approximate surface area is 130 Å². The van der Waals surface area contributed by atoms with E-state index in [4.69, 9.17) is 19.5 Å². The summed E-state index contributed by atoms with van der Waals surface area (Å²) in [5.74, 6) is -0.0996. The van der Waals surface area contributed by atoms with Crippen molar-refractivity contribution in [2.75, 3.05) is 20.3 Å². The Kier molecular flexibility index (Phi) is 5.59. The van der Waals surface area contributed by atoms with Gasteiger partial charge in [0.05, 0.1) is 20.3 Å². The number of rotatable bonds is 7.